The molecule has 0 aliphatic rings. The number of hydrogen-bond acceptors (Lipinski definition) is 3. The topological polar surface area (TPSA) is 68.3 Å². The zero-order valence-electron chi connectivity index (χ0n) is 10.6. The first-order chi connectivity index (χ1) is 9.06. The van der Waals surface area contributed by atoms with Gasteiger partial charge in [-0.2, -0.15) is 0 Å². The Kier molecular flexibility index (Phi) is 4.12. The number of carbonyl (C=O) groups excluding carboxylic acids is 1. The minimum Gasteiger partial charge on any atom is -0.469 e. The number of nitrogens with two attached hydrogens (primary N) is 1. The van der Waals surface area contributed by atoms with E-state index < -0.39 is 0 Å². The average molecular weight is 279 g/mol. The molecule has 1 aromatic carbocycles. The first-order valence-electron chi connectivity index (χ1n) is 5.94. The Morgan fingerprint density at radius 3 is 2.95 bits per heavy atom. The number of hydrogen-bond donors (Lipinski definition) is 2. The van der Waals surface area contributed by atoms with Crippen molar-refractivity contribution in [2.24, 2.45) is 0 Å². The Labute approximate surface area is 116 Å². The lowest BCUT2D eigenvalue weighted by Crippen LogP contribution is -2.13. The fraction of sp³-hybridized carbons (Fsp3) is 0.214. The van der Waals surface area contributed by atoms with Gasteiger partial charge < -0.3 is 15.5 Å². The van der Waals surface area contributed by atoms with Crippen LogP contribution in [0, 0.1) is 6.92 Å². The largest absolute Gasteiger partial charge is 0.469 e. The highest BCUT2D eigenvalue weighted by Crippen LogP contribution is 2.26. The lowest BCUT2D eigenvalue weighted by Gasteiger charge is -2.10. The maximum atomic E-state index is 11.8. The summed E-state index contributed by atoms with van der Waals surface area (Å²) in [5, 5.41) is 3.26. The van der Waals surface area contributed by atoms with Gasteiger partial charge in [0.15, 0.2) is 0 Å². The molecule has 2 rings (SSSR count). The fourth-order valence-electron chi connectivity index (χ4n) is 1.74. The Hall–Kier alpha value is -1.94. The molecule has 0 aliphatic carbocycles. The van der Waals surface area contributed by atoms with Crippen LogP contribution in [-0.4, -0.2) is 5.91 Å². The van der Waals surface area contributed by atoms with Crippen LogP contribution >= 0.6 is 11.6 Å². The third-order valence-electron chi connectivity index (χ3n) is 2.80. The van der Waals surface area contributed by atoms with E-state index >= 15 is 0 Å². The quantitative estimate of drug-likeness (QED) is 0.842. The van der Waals surface area contributed by atoms with Crippen molar-refractivity contribution in [1.29, 1.82) is 0 Å². The molecular weight excluding hydrogens is 264 g/mol. The van der Waals surface area contributed by atoms with Crippen molar-refractivity contribution < 1.29 is 9.21 Å². The van der Waals surface area contributed by atoms with Crippen LogP contribution < -0.4 is 11.1 Å². The second-order valence-electron chi connectivity index (χ2n) is 4.32. The molecule has 1 amide bonds. The van der Waals surface area contributed by atoms with Crippen LogP contribution in [0.25, 0.3) is 0 Å². The lowest BCUT2D eigenvalue weighted by molar-refractivity contribution is -0.116. The van der Waals surface area contributed by atoms with Gasteiger partial charge in [-0.1, -0.05) is 11.6 Å². The molecule has 0 fully saturated rings. The summed E-state index contributed by atoms with van der Waals surface area (Å²) in [5.74, 6) is 0.711. The van der Waals surface area contributed by atoms with Gasteiger partial charge in [-0.05, 0) is 36.8 Å². The second kappa shape index (κ2) is 5.80. The number of anilines is 2. The molecule has 0 saturated heterocycles. The van der Waals surface area contributed by atoms with E-state index in [0.717, 1.165) is 11.3 Å². The molecule has 0 saturated carbocycles. The van der Waals surface area contributed by atoms with Crippen LogP contribution in [0.5, 0.6) is 0 Å². The van der Waals surface area contributed by atoms with Crippen molar-refractivity contribution in [1.82, 2.24) is 0 Å². The molecular formula is C14H15ClN2O2. The maximum absolute atomic E-state index is 11.8. The predicted octanol–water partition coefficient (Wildman–Crippen LogP) is 3.39. The number of carbonyl (C=O) groups is 1. The number of rotatable bonds is 4. The summed E-state index contributed by atoms with van der Waals surface area (Å²) >= 11 is 5.94. The third kappa shape index (κ3) is 3.51. The molecule has 5 heteroatoms. The van der Waals surface area contributed by atoms with Crippen molar-refractivity contribution in [3.05, 3.63) is 46.9 Å². The van der Waals surface area contributed by atoms with Crippen molar-refractivity contribution in [3.8, 4) is 0 Å². The smallest absolute Gasteiger partial charge is 0.224 e. The van der Waals surface area contributed by atoms with E-state index in [-0.39, 0.29) is 5.91 Å². The molecule has 100 valence electrons. The van der Waals surface area contributed by atoms with Gasteiger partial charge in [-0.25, -0.2) is 0 Å². The molecule has 4 nitrogen and oxygen atoms in total. The number of halogens is 1. The lowest BCUT2D eigenvalue weighted by atomic mass is 10.1. The highest BCUT2D eigenvalue weighted by atomic mass is 35.5. The Bertz CT molecular complexity index is 579. The van der Waals surface area contributed by atoms with Crippen molar-refractivity contribution in [2.75, 3.05) is 11.1 Å². The molecule has 0 atom stereocenters. The standard InChI is InChI=1S/C14H15ClN2O2/c1-9-7-12(16)11(15)8-13(9)17-14(18)5-4-10-3-2-6-19-10/h2-3,6-8H,4-5,16H2,1H3,(H,17,18). The normalized spacial score (nSPS) is 10.4. The van der Waals surface area contributed by atoms with Gasteiger partial charge in [0.25, 0.3) is 0 Å². The summed E-state index contributed by atoms with van der Waals surface area (Å²) < 4.78 is 5.18. The number of aryl methyl sites for hydroxylation is 2. The highest BCUT2D eigenvalue weighted by Gasteiger charge is 2.08. The van der Waals surface area contributed by atoms with Crippen LogP contribution in [0.1, 0.15) is 17.7 Å². The fourth-order valence-corrected chi connectivity index (χ4v) is 1.91. The number of nitrogen functional groups attached to an aromatic ring is 1. The van der Waals surface area contributed by atoms with Crippen LogP contribution in [0.4, 0.5) is 11.4 Å². The summed E-state index contributed by atoms with van der Waals surface area (Å²) in [7, 11) is 0. The molecule has 0 aliphatic heterocycles. The molecule has 1 aromatic heterocycles. The molecule has 0 spiro atoms. The van der Waals surface area contributed by atoms with Crippen LogP contribution in [0.2, 0.25) is 5.02 Å². The predicted molar refractivity (Wildman–Crippen MR) is 76.3 cm³/mol. The molecule has 1 heterocycles. The minimum atomic E-state index is -0.0830. The van der Waals surface area contributed by atoms with E-state index in [4.69, 9.17) is 21.8 Å². The van der Waals surface area contributed by atoms with E-state index in [1.165, 1.54) is 0 Å². The van der Waals surface area contributed by atoms with E-state index in [2.05, 4.69) is 5.32 Å². The Morgan fingerprint density at radius 1 is 1.47 bits per heavy atom. The van der Waals surface area contributed by atoms with Gasteiger partial charge in [0.05, 0.1) is 17.0 Å². The molecule has 19 heavy (non-hydrogen) atoms. The molecule has 0 unspecified atom stereocenters. The van der Waals surface area contributed by atoms with Crippen LogP contribution in [-0.2, 0) is 11.2 Å². The van der Waals surface area contributed by atoms with Crippen molar-refractivity contribution in [3.63, 3.8) is 0 Å². The average Bonchev–Trinajstić information content (AvgIpc) is 2.86. The van der Waals surface area contributed by atoms with Gasteiger partial charge >= 0.3 is 0 Å². The highest BCUT2D eigenvalue weighted by molar-refractivity contribution is 6.33. The first kappa shape index (κ1) is 13.5. The van der Waals surface area contributed by atoms with Gasteiger partial charge in [0.1, 0.15) is 5.76 Å². The molecule has 0 bridgehead atoms. The van der Waals surface area contributed by atoms with E-state index in [9.17, 15) is 4.79 Å². The molecule has 3 N–H and O–H groups in total. The van der Waals surface area contributed by atoms with Gasteiger partial charge in [-0.3, -0.25) is 4.79 Å². The van der Waals surface area contributed by atoms with Crippen molar-refractivity contribution >= 4 is 28.9 Å². The second-order valence-corrected chi connectivity index (χ2v) is 4.72. The van der Waals surface area contributed by atoms with Crippen LogP contribution in [0.15, 0.2) is 34.9 Å². The van der Waals surface area contributed by atoms with Crippen LogP contribution in [0.3, 0.4) is 0 Å². The Morgan fingerprint density at radius 2 is 2.26 bits per heavy atom. The third-order valence-corrected chi connectivity index (χ3v) is 3.12. The van der Waals surface area contributed by atoms with E-state index in [0.29, 0.717) is 29.2 Å². The molecule has 2 aromatic rings. The van der Waals surface area contributed by atoms with Gasteiger partial charge in [0.2, 0.25) is 5.91 Å². The maximum Gasteiger partial charge on any atom is 0.224 e. The van der Waals surface area contributed by atoms with Gasteiger partial charge in [0, 0.05) is 18.5 Å². The number of benzene rings is 1. The monoisotopic (exact) mass is 278 g/mol. The summed E-state index contributed by atoms with van der Waals surface area (Å²) in [4.78, 5) is 11.8. The summed E-state index contributed by atoms with van der Waals surface area (Å²) in [6.45, 7) is 1.87. The summed E-state index contributed by atoms with van der Waals surface area (Å²) in [5.41, 5.74) is 7.76. The zero-order chi connectivity index (χ0) is 13.8. The van der Waals surface area contributed by atoms with Crippen molar-refractivity contribution in [2.45, 2.75) is 19.8 Å². The number of furan rings is 1. The summed E-state index contributed by atoms with van der Waals surface area (Å²) in [6, 6.07) is 7.05. The number of amides is 1. The minimum absolute atomic E-state index is 0.0830. The van der Waals surface area contributed by atoms with Gasteiger partial charge in [-0.15, -0.1) is 0 Å². The number of nitrogens with one attached hydrogen (secondary N) is 1. The van der Waals surface area contributed by atoms with E-state index in [1.807, 2.05) is 13.0 Å². The zero-order valence-corrected chi connectivity index (χ0v) is 11.3. The summed E-state index contributed by atoms with van der Waals surface area (Å²) in [6.07, 6.45) is 2.52. The van der Waals surface area contributed by atoms with E-state index in [1.54, 1.807) is 24.5 Å². The Balaban J connectivity index is 1.97. The first-order valence-corrected chi connectivity index (χ1v) is 6.32. The molecule has 0 radical (unpaired) electrons. The SMILES string of the molecule is Cc1cc(N)c(Cl)cc1NC(=O)CCc1ccco1.